The van der Waals surface area contributed by atoms with Crippen molar-refractivity contribution in [3.63, 3.8) is 0 Å². The fourth-order valence-electron chi connectivity index (χ4n) is 1.03. The number of hydrogen-bond donors (Lipinski definition) is 0. The molecule has 0 saturated carbocycles. The third kappa shape index (κ3) is 1.93. The van der Waals surface area contributed by atoms with Crippen LogP contribution >= 0.6 is 11.6 Å². The van der Waals surface area contributed by atoms with Crippen molar-refractivity contribution in [1.29, 1.82) is 0 Å². The second-order valence-corrected chi connectivity index (χ2v) is 3.14. The molecule has 0 amide bonds. The van der Waals surface area contributed by atoms with E-state index in [1.807, 2.05) is 0 Å². The number of halogens is 1. The van der Waals surface area contributed by atoms with E-state index in [0.29, 0.717) is 5.02 Å². The number of hydrogen-bond acceptors (Lipinski definition) is 3. The SMILES string of the molecule is COC(=O)C(=O)c1cccc(C)c1Cl. The van der Waals surface area contributed by atoms with Crippen LogP contribution in [0.2, 0.25) is 5.02 Å². The highest BCUT2D eigenvalue weighted by Gasteiger charge is 2.19. The molecular formula is C10H9ClO3. The predicted octanol–water partition coefficient (Wildman–Crippen LogP) is 2.00. The number of methoxy groups -OCH3 is 1. The monoisotopic (exact) mass is 212 g/mol. The van der Waals surface area contributed by atoms with Crippen LogP contribution in [0.5, 0.6) is 0 Å². The lowest BCUT2D eigenvalue weighted by Crippen LogP contribution is -2.16. The molecule has 4 heteroatoms. The molecule has 0 bridgehead atoms. The van der Waals surface area contributed by atoms with Crippen molar-refractivity contribution in [2.45, 2.75) is 6.92 Å². The Balaban J connectivity index is 3.14. The highest BCUT2D eigenvalue weighted by molar-refractivity contribution is 6.45. The fraction of sp³-hybridized carbons (Fsp3) is 0.200. The van der Waals surface area contributed by atoms with Gasteiger partial charge >= 0.3 is 5.97 Å². The first kappa shape index (κ1) is 10.7. The molecule has 0 spiro atoms. The molecule has 0 N–H and O–H groups in total. The third-order valence-corrected chi connectivity index (χ3v) is 2.31. The minimum Gasteiger partial charge on any atom is -0.463 e. The zero-order chi connectivity index (χ0) is 10.7. The summed E-state index contributed by atoms with van der Waals surface area (Å²) in [4.78, 5) is 22.3. The predicted molar refractivity (Wildman–Crippen MR) is 52.5 cm³/mol. The molecule has 0 saturated heterocycles. The number of rotatable bonds is 2. The van der Waals surface area contributed by atoms with E-state index in [1.54, 1.807) is 19.1 Å². The van der Waals surface area contributed by atoms with Gasteiger partial charge in [0.1, 0.15) is 0 Å². The standard InChI is InChI=1S/C10H9ClO3/c1-6-4-3-5-7(8(6)11)9(12)10(13)14-2/h3-5H,1-2H3. The number of benzene rings is 1. The minimum absolute atomic E-state index is 0.179. The Morgan fingerprint density at radius 1 is 1.36 bits per heavy atom. The number of aryl methyl sites for hydroxylation is 1. The van der Waals surface area contributed by atoms with Crippen molar-refractivity contribution >= 4 is 23.4 Å². The van der Waals surface area contributed by atoms with Crippen LogP contribution in [0.1, 0.15) is 15.9 Å². The number of esters is 1. The van der Waals surface area contributed by atoms with Gasteiger partial charge in [-0.15, -0.1) is 0 Å². The molecule has 0 unspecified atom stereocenters. The van der Waals surface area contributed by atoms with E-state index in [0.717, 1.165) is 12.7 Å². The van der Waals surface area contributed by atoms with Crippen LogP contribution < -0.4 is 0 Å². The Hall–Kier alpha value is -1.35. The molecule has 1 aromatic carbocycles. The number of carbonyl (C=O) groups excluding carboxylic acids is 2. The van der Waals surface area contributed by atoms with E-state index >= 15 is 0 Å². The molecule has 3 nitrogen and oxygen atoms in total. The van der Waals surface area contributed by atoms with E-state index < -0.39 is 11.8 Å². The summed E-state index contributed by atoms with van der Waals surface area (Å²) in [5, 5.41) is 0.294. The van der Waals surface area contributed by atoms with Crippen molar-refractivity contribution in [1.82, 2.24) is 0 Å². The molecule has 1 rings (SSSR count). The molecular weight excluding hydrogens is 204 g/mol. The Kier molecular flexibility index (Phi) is 3.25. The second kappa shape index (κ2) is 4.24. The van der Waals surface area contributed by atoms with Crippen LogP contribution in [0.4, 0.5) is 0 Å². The van der Waals surface area contributed by atoms with E-state index in [-0.39, 0.29) is 5.56 Å². The lowest BCUT2D eigenvalue weighted by atomic mass is 10.1. The van der Waals surface area contributed by atoms with Gasteiger partial charge < -0.3 is 4.74 Å². The van der Waals surface area contributed by atoms with Crippen molar-refractivity contribution in [3.05, 3.63) is 34.3 Å². The van der Waals surface area contributed by atoms with Crippen molar-refractivity contribution < 1.29 is 14.3 Å². The van der Waals surface area contributed by atoms with Crippen molar-refractivity contribution in [2.24, 2.45) is 0 Å². The van der Waals surface area contributed by atoms with Gasteiger partial charge in [-0.2, -0.15) is 0 Å². The zero-order valence-electron chi connectivity index (χ0n) is 7.83. The number of Topliss-reactive ketones (excluding diaryl/α,β-unsaturated/α-hetero) is 1. The number of ether oxygens (including phenoxy) is 1. The average Bonchev–Trinajstić information content (AvgIpc) is 2.20. The van der Waals surface area contributed by atoms with Crippen molar-refractivity contribution in [3.8, 4) is 0 Å². The number of ketones is 1. The van der Waals surface area contributed by atoms with E-state index in [4.69, 9.17) is 11.6 Å². The van der Waals surface area contributed by atoms with Gasteiger partial charge in [0.15, 0.2) is 0 Å². The van der Waals surface area contributed by atoms with Crippen LogP contribution in [0.15, 0.2) is 18.2 Å². The van der Waals surface area contributed by atoms with Gasteiger partial charge in [-0.05, 0) is 18.6 Å². The molecule has 0 aliphatic carbocycles. The van der Waals surface area contributed by atoms with Gasteiger partial charge in [-0.1, -0.05) is 23.7 Å². The van der Waals surface area contributed by atoms with Crippen LogP contribution in [0.3, 0.4) is 0 Å². The molecule has 0 aliphatic rings. The first-order valence-electron chi connectivity index (χ1n) is 3.95. The molecule has 0 atom stereocenters. The summed E-state index contributed by atoms with van der Waals surface area (Å²) in [6.07, 6.45) is 0. The highest BCUT2D eigenvalue weighted by Crippen LogP contribution is 2.20. The zero-order valence-corrected chi connectivity index (χ0v) is 8.59. The van der Waals surface area contributed by atoms with Gasteiger partial charge in [-0.25, -0.2) is 4.79 Å². The van der Waals surface area contributed by atoms with Gasteiger partial charge in [0.2, 0.25) is 0 Å². The van der Waals surface area contributed by atoms with Gasteiger partial charge in [0.25, 0.3) is 5.78 Å². The molecule has 0 aromatic heterocycles. The van der Waals surface area contributed by atoms with Crippen LogP contribution in [0, 0.1) is 6.92 Å². The highest BCUT2D eigenvalue weighted by atomic mass is 35.5. The van der Waals surface area contributed by atoms with E-state index in [2.05, 4.69) is 4.74 Å². The quantitative estimate of drug-likeness (QED) is 0.428. The van der Waals surface area contributed by atoms with E-state index in [9.17, 15) is 9.59 Å². The summed E-state index contributed by atoms with van der Waals surface area (Å²) >= 11 is 5.86. The summed E-state index contributed by atoms with van der Waals surface area (Å²) < 4.78 is 4.31. The molecule has 1 aromatic rings. The molecule has 14 heavy (non-hydrogen) atoms. The Labute approximate surface area is 86.6 Å². The maximum atomic E-state index is 11.4. The third-order valence-electron chi connectivity index (χ3n) is 1.81. The minimum atomic E-state index is -0.905. The number of carbonyl (C=O) groups is 2. The Bertz CT molecular complexity index is 385. The van der Waals surface area contributed by atoms with Crippen LogP contribution in [0.25, 0.3) is 0 Å². The largest absolute Gasteiger partial charge is 0.463 e. The molecule has 0 heterocycles. The average molecular weight is 213 g/mol. The van der Waals surface area contributed by atoms with Gasteiger partial charge in [0, 0.05) is 5.56 Å². The maximum Gasteiger partial charge on any atom is 0.379 e. The van der Waals surface area contributed by atoms with Crippen LogP contribution in [-0.2, 0) is 9.53 Å². The first-order chi connectivity index (χ1) is 6.57. The maximum absolute atomic E-state index is 11.4. The Morgan fingerprint density at radius 2 is 2.00 bits per heavy atom. The molecule has 0 aliphatic heterocycles. The molecule has 0 radical (unpaired) electrons. The topological polar surface area (TPSA) is 43.4 Å². The lowest BCUT2D eigenvalue weighted by molar-refractivity contribution is -0.135. The molecule has 74 valence electrons. The fourth-order valence-corrected chi connectivity index (χ4v) is 1.24. The Morgan fingerprint density at radius 3 is 2.57 bits per heavy atom. The normalized spacial score (nSPS) is 9.64. The second-order valence-electron chi connectivity index (χ2n) is 2.76. The summed E-state index contributed by atoms with van der Waals surface area (Å²) in [7, 11) is 1.16. The lowest BCUT2D eigenvalue weighted by Gasteiger charge is -2.03. The smallest absolute Gasteiger partial charge is 0.379 e. The van der Waals surface area contributed by atoms with E-state index in [1.165, 1.54) is 6.07 Å². The summed E-state index contributed by atoms with van der Waals surface area (Å²) in [5.74, 6) is -1.63. The van der Waals surface area contributed by atoms with Gasteiger partial charge in [-0.3, -0.25) is 4.79 Å². The van der Waals surface area contributed by atoms with Crippen molar-refractivity contribution in [2.75, 3.05) is 7.11 Å². The summed E-state index contributed by atoms with van der Waals surface area (Å²) in [5.41, 5.74) is 0.930. The summed E-state index contributed by atoms with van der Waals surface area (Å²) in [6, 6.07) is 4.92. The van der Waals surface area contributed by atoms with Crippen LogP contribution in [-0.4, -0.2) is 18.9 Å². The first-order valence-corrected chi connectivity index (χ1v) is 4.33. The van der Waals surface area contributed by atoms with Gasteiger partial charge in [0.05, 0.1) is 12.1 Å². The summed E-state index contributed by atoms with van der Waals surface area (Å²) in [6.45, 7) is 1.76. The molecule has 0 fully saturated rings.